The predicted octanol–water partition coefficient (Wildman–Crippen LogP) is 4.86. The van der Waals surface area contributed by atoms with Gasteiger partial charge in [0.15, 0.2) is 5.82 Å². The monoisotopic (exact) mass is 566 g/mol. The van der Waals surface area contributed by atoms with E-state index in [1.54, 1.807) is 0 Å². The Bertz CT molecular complexity index is 1740. The minimum atomic E-state index is -0.872. The maximum absolute atomic E-state index is 16.7. The molecule has 2 unspecified atom stereocenters. The summed E-state index contributed by atoms with van der Waals surface area (Å²) in [6.07, 6.45) is 9.63. The van der Waals surface area contributed by atoms with E-state index in [0.717, 1.165) is 56.1 Å². The Morgan fingerprint density at radius 1 is 1.05 bits per heavy atom. The van der Waals surface area contributed by atoms with Crippen molar-refractivity contribution >= 4 is 27.5 Å². The molecule has 2 bridgehead atoms. The Balaban J connectivity index is 1.29. The van der Waals surface area contributed by atoms with Crippen LogP contribution >= 0.6 is 0 Å². The minimum absolute atomic E-state index is 0.0869. The van der Waals surface area contributed by atoms with Crippen molar-refractivity contribution in [1.82, 2.24) is 25.2 Å². The van der Waals surface area contributed by atoms with Gasteiger partial charge in [0.25, 0.3) is 0 Å². The Kier molecular flexibility index (Phi) is 6.06. The van der Waals surface area contributed by atoms with Crippen molar-refractivity contribution in [3.05, 3.63) is 54.0 Å². The molecule has 2 aromatic carbocycles. The SMILES string of the molecule is C#Cc1nc(-c2cccc3ccccc23)c(F)c2nc(OC[C@@]34CCCN3C[C@H](F)C4)nc(N3CC4CCC(C3)N4)c12. The molecule has 1 N–H and O–H groups in total. The van der Waals surface area contributed by atoms with Gasteiger partial charge in [-0.3, -0.25) is 4.90 Å². The van der Waals surface area contributed by atoms with Gasteiger partial charge >= 0.3 is 6.01 Å². The van der Waals surface area contributed by atoms with Crippen molar-refractivity contribution < 1.29 is 13.5 Å². The van der Waals surface area contributed by atoms with Gasteiger partial charge in [-0.2, -0.15) is 9.97 Å². The lowest BCUT2D eigenvalue weighted by molar-refractivity contribution is 0.107. The normalized spacial score (nSPS) is 27.1. The fourth-order valence-corrected chi connectivity index (χ4v) is 7.76. The molecule has 7 nitrogen and oxygen atoms in total. The predicted molar refractivity (Wildman–Crippen MR) is 159 cm³/mol. The number of rotatable bonds is 5. The van der Waals surface area contributed by atoms with Crippen LogP contribution in [0, 0.1) is 18.2 Å². The summed E-state index contributed by atoms with van der Waals surface area (Å²) in [5, 5.41) is 5.93. The highest BCUT2D eigenvalue weighted by Crippen LogP contribution is 2.41. The molecule has 4 fully saturated rings. The molecule has 0 saturated carbocycles. The number of fused-ring (bicyclic) bond motifs is 5. The van der Waals surface area contributed by atoms with Crippen LogP contribution in [0.5, 0.6) is 6.01 Å². The van der Waals surface area contributed by atoms with Gasteiger partial charge < -0.3 is 15.0 Å². The number of alkyl halides is 1. The van der Waals surface area contributed by atoms with Gasteiger partial charge in [0.05, 0.1) is 10.9 Å². The topological polar surface area (TPSA) is 66.4 Å². The number of aromatic nitrogens is 3. The molecule has 4 aliphatic rings. The van der Waals surface area contributed by atoms with E-state index in [1.807, 2.05) is 42.5 Å². The third-order valence-corrected chi connectivity index (χ3v) is 9.67. The maximum Gasteiger partial charge on any atom is 0.319 e. The number of nitrogens with one attached hydrogen (secondary N) is 1. The van der Waals surface area contributed by atoms with E-state index in [4.69, 9.17) is 21.1 Å². The molecule has 0 spiro atoms. The highest BCUT2D eigenvalue weighted by atomic mass is 19.1. The number of ether oxygens (including phenoxy) is 1. The lowest BCUT2D eigenvalue weighted by Crippen LogP contribution is -2.51. The molecule has 4 aromatic rings. The maximum atomic E-state index is 16.7. The third kappa shape index (κ3) is 4.11. The summed E-state index contributed by atoms with van der Waals surface area (Å²) >= 11 is 0. The summed E-state index contributed by atoms with van der Waals surface area (Å²) in [5.74, 6) is 2.70. The summed E-state index contributed by atoms with van der Waals surface area (Å²) in [5.41, 5.74) is 0.828. The van der Waals surface area contributed by atoms with E-state index in [-0.39, 0.29) is 29.4 Å². The zero-order chi connectivity index (χ0) is 28.4. The number of terminal acetylenes is 1. The molecule has 4 atom stereocenters. The van der Waals surface area contributed by atoms with Crippen molar-refractivity contribution in [2.45, 2.75) is 55.9 Å². The number of anilines is 1. The largest absolute Gasteiger partial charge is 0.461 e. The van der Waals surface area contributed by atoms with Gasteiger partial charge in [-0.1, -0.05) is 42.5 Å². The molecular weight excluding hydrogens is 534 g/mol. The van der Waals surface area contributed by atoms with Crippen LogP contribution in [-0.2, 0) is 0 Å². The highest BCUT2D eigenvalue weighted by Gasteiger charge is 2.49. The van der Waals surface area contributed by atoms with E-state index in [0.29, 0.717) is 47.5 Å². The number of hydrogen-bond donors (Lipinski definition) is 1. The van der Waals surface area contributed by atoms with Gasteiger partial charge in [-0.05, 0) is 48.9 Å². The lowest BCUT2D eigenvalue weighted by Gasteiger charge is -2.34. The van der Waals surface area contributed by atoms with Crippen LogP contribution in [0.15, 0.2) is 42.5 Å². The van der Waals surface area contributed by atoms with Gasteiger partial charge in [-0.15, -0.1) is 6.42 Å². The van der Waals surface area contributed by atoms with Crippen LogP contribution in [0.2, 0.25) is 0 Å². The number of halogens is 2. The van der Waals surface area contributed by atoms with Crippen molar-refractivity contribution in [3.8, 4) is 29.6 Å². The van der Waals surface area contributed by atoms with Crippen LogP contribution in [0.1, 0.15) is 37.8 Å². The van der Waals surface area contributed by atoms with Crippen molar-refractivity contribution in [2.24, 2.45) is 0 Å². The third-order valence-electron chi connectivity index (χ3n) is 9.67. The first-order chi connectivity index (χ1) is 20.5. The van der Waals surface area contributed by atoms with Crippen LogP contribution in [0.3, 0.4) is 0 Å². The van der Waals surface area contributed by atoms with Gasteiger partial charge in [0.1, 0.15) is 35.5 Å². The Labute approximate surface area is 243 Å². The molecule has 2 aromatic heterocycles. The Morgan fingerprint density at radius 3 is 2.69 bits per heavy atom. The second kappa shape index (κ2) is 9.85. The average molecular weight is 567 g/mol. The molecule has 214 valence electrons. The van der Waals surface area contributed by atoms with E-state index in [9.17, 15) is 4.39 Å². The molecule has 6 heterocycles. The molecular formula is C33H32F2N6O. The number of hydrogen-bond acceptors (Lipinski definition) is 7. The molecule has 4 aliphatic heterocycles. The first-order valence-electron chi connectivity index (χ1n) is 14.9. The number of piperazine rings is 1. The van der Waals surface area contributed by atoms with E-state index >= 15 is 4.39 Å². The molecule has 42 heavy (non-hydrogen) atoms. The zero-order valence-corrected chi connectivity index (χ0v) is 23.3. The molecule has 8 rings (SSSR count). The van der Waals surface area contributed by atoms with Crippen molar-refractivity contribution in [3.63, 3.8) is 0 Å². The summed E-state index contributed by atoms with van der Waals surface area (Å²) in [6.45, 7) is 2.99. The first kappa shape index (κ1) is 25.8. The van der Waals surface area contributed by atoms with Crippen molar-refractivity contribution in [1.29, 1.82) is 0 Å². The Hall–Kier alpha value is -3.87. The fraction of sp³-hybridized carbons (Fsp3) is 0.424. The van der Waals surface area contributed by atoms with Gasteiger partial charge in [-0.25, -0.2) is 13.8 Å². The lowest BCUT2D eigenvalue weighted by atomic mass is 9.95. The number of pyridine rings is 1. The second-order valence-electron chi connectivity index (χ2n) is 12.3. The van der Waals surface area contributed by atoms with Crippen LogP contribution < -0.4 is 15.0 Å². The zero-order valence-electron chi connectivity index (χ0n) is 23.3. The van der Waals surface area contributed by atoms with Gasteiger partial charge in [0, 0.05) is 43.7 Å². The minimum Gasteiger partial charge on any atom is -0.461 e. The van der Waals surface area contributed by atoms with E-state index < -0.39 is 12.0 Å². The van der Waals surface area contributed by atoms with Gasteiger partial charge in [0.2, 0.25) is 0 Å². The molecule has 0 radical (unpaired) electrons. The standard InChI is InChI=1S/C33H32F2N6O/c1-2-26-27-30(28(35)29(37-26)25-10-5-8-20-7-3-4-9-24(20)25)38-32(39-31(27)40-17-22-11-12-23(18-40)36-22)42-19-33-13-6-14-41(33)16-21(34)15-33/h1,3-5,7-10,21-23,36H,6,11-19H2/t21-,22?,23?,33+/m1/s1. The number of nitrogens with zero attached hydrogens (tertiary/aromatic N) is 5. The molecule has 0 amide bonds. The molecule has 0 aliphatic carbocycles. The second-order valence-corrected chi connectivity index (χ2v) is 12.3. The van der Waals surface area contributed by atoms with Crippen LogP contribution in [0.25, 0.3) is 32.9 Å². The summed E-state index contributed by atoms with van der Waals surface area (Å²) < 4.78 is 37.5. The quantitative estimate of drug-likeness (QED) is 0.346. The van der Waals surface area contributed by atoms with Crippen LogP contribution in [0.4, 0.5) is 14.6 Å². The smallest absolute Gasteiger partial charge is 0.319 e. The average Bonchev–Trinajstić information content (AvgIpc) is 3.66. The Morgan fingerprint density at radius 2 is 1.86 bits per heavy atom. The van der Waals surface area contributed by atoms with E-state index in [2.05, 4.69) is 26.0 Å². The highest BCUT2D eigenvalue weighted by molar-refractivity contribution is 6.00. The van der Waals surface area contributed by atoms with Crippen molar-refractivity contribution in [2.75, 3.05) is 37.7 Å². The number of benzene rings is 2. The fourth-order valence-electron chi connectivity index (χ4n) is 7.76. The molecule has 9 heteroatoms. The van der Waals surface area contributed by atoms with E-state index in [1.165, 1.54) is 0 Å². The summed E-state index contributed by atoms with van der Waals surface area (Å²) in [6, 6.07) is 14.3. The molecule has 4 saturated heterocycles. The first-order valence-corrected chi connectivity index (χ1v) is 14.9. The summed E-state index contributed by atoms with van der Waals surface area (Å²) in [4.78, 5) is 18.6. The summed E-state index contributed by atoms with van der Waals surface area (Å²) in [7, 11) is 0. The van der Waals surface area contributed by atoms with Crippen LogP contribution in [-0.4, -0.2) is 76.4 Å².